The molecule has 7 heteroatoms. The topological polar surface area (TPSA) is 53.1 Å². The first-order valence-electron chi connectivity index (χ1n) is 6.42. The fraction of sp³-hybridized carbons (Fsp3) is 0.357. The Labute approximate surface area is 138 Å². The summed E-state index contributed by atoms with van der Waals surface area (Å²) in [5.41, 5.74) is 7.97. The van der Waals surface area contributed by atoms with E-state index < -0.39 is 0 Å². The molecule has 0 aliphatic heterocycles. The van der Waals surface area contributed by atoms with Gasteiger partial charge in [-0.05, 0) is 24.1 Å². The highest BCUT2D eigenvalue weighted by atomic mass is 35.5. The molecular formula is C14H16Cl3N3O. The van der Waals surface area contributed by atoms with E-state index in [1.807, 2.05) is 6.07 Å². The van der Waals surface area contributed by atoms with Gasteiger partial charge in [-0.2, -0.15) is 5.10 Å². The van der Waals surface area contributed by atoms with Crippen LogP contribution in [-0.4, -0.2) is 23.5 Å². The third kappa shape index (κ3) is 4.11. The fourth-order valence-corrected chi connectivity index (χ4v) is 2.88. The lowest BCUT2D eigenvalue weighted by molar-refractivity contribution is 0.182. The molecule has 1 aromatic carbocycles. The summed E-state index contributed by atoms with van der Waals surface area (Å²) in [7, 11) is 1.64. The number of methoxy groups -OCH3 is 1. The molecule has 0 spiro atoms. The summed E-state index contributed by atoms with van der Waals surface area (Å²) in [4.78, 5) is 0. The van der Waals surface area contributed by atoms with Crippen LogP contribution in [0.15, 0.2) is 24.4 Å². The zero-order valence-electron chi connectivity index (χ0n) is 11.5. The second-order valence-electron chi connectivity index (χ2n) is 4.64. The third-order valence-corrected chi connectivity index (χ3v) is 4.02. The lowest BCUT2D eigenvalue weighted by Gasteiger charge is -2.16. The minimum atomic E-state index is -0.310. The Hall–Kier alpha value is -0.780. The summed E-state index contributed by atoms with van der Waals surface area (Å²) in [6, 6.07) is 5.05. The molecule has 0 bridgehead atoms. The van der Waals surface area contributed by atoms with Crippen LogP contribution in [0.4, 0.5) is 0 Å². The molecule has 114 valence electrons. The number of nitrogens with zero attached hydrogens (tertiary/aromatic N) is 2. The van der Waals surface area contributed by atoms with Gasteiger partial charge in [0.2, 0.25) is 0 Å². The molecule has 2 rings (SSSR count). The van der Waals surface area contributed by atoms with Gasteiger partial charge in [0.15, 0.2) is 0 Å². The number of hydrogen-bond donors (Lipinski definition) is 1. The van der Waals surface area contributed by atoms with Gasteiger partial charge in [-0.25, -0.2) is 0 Å². The van der Waals surface area contributed by atoms with Crippen LogP contribution < -0.4 is 5.73 Å². The number of nitrogens with two attached hydrogens (primary N) is 1. The number of hydrogen-bond acceptors (Lipinski definition) is 3. The maximum absolute atomic E-state index is 6.27. The normalized spacial score (nSPS) is 12.6. The van der Waals surface area contributed by atoms with Crippen molar-refractivity contribution >= 4 is 34.8 Å². The molecule has 1 aromatic heterocycles. The molecule has 1 unspecified atom stereocenters. The Kier molecular flexibility index (Phi) is 5.90. The van der Waals surface area contributed by atoms with E-state index >= 15 is 0 Å². The monoisotopic (exact) mass is 347 g/mol. The highest BCUT2D eigenvalue weighted by molar-refractivity contribution is 6.35. The van der Waals surface area contributed by atoms with Gasteiger partial charge in [-0.3, -0.25) is 4.68 Å². The van der Waals surface area contributed by atoms with Crippen LogP contribution in [-0.2, 0) is 17.7 Å². The van der Waals surface area contributed by atoms with Crippen molar-refractivity contribution in [1.29, 1.82) is 0 Å². The molecule has 1 atom stereocenters. The number of aromatic nitrogens is 2. The van der Waals surface area contributed by atoms with Crippen molar-refractivity contribution in [3.8, 4) is 0 Å². The van der Waals surface area contributed by atoms with Gasteiger partial charge in [0.1, 0.15) is 0 Å². The van der Waals surface area contributed by atoms with Crippen LogP contribution in [0, 0.1) is 0 Å². The minimum Gasteiger partial charge on any atom is -0.383 e. The largest absolute Gasteiger partial charge is 0.383 e. The maximum Gasteiger partial charge on any atom is 0.0834 e. The number of benzene rings is 1. The zero-order valence-corrected chi connectivity index (χ0v) is 13.8. The van der Waals surface area contributed by atoms with Crippen LogP contribution >= 0.6 is 34.8 Å². The summed E-state index contributed by atoms with van der Waals surface area (Å²) in [5.74, 6) is 0. The maximum atomic E-state index is 6.27. The molecule has 0 aliphatic rings. The van der Waals surface area contributed by atoms with E-state index in [1.54, 1.807) is 30.1 Å². The summed E-state index contributed by atoms with van der Waals surface area (Å²) >= 11 is 18.3. The molecule has 0 fully saturated rings. The average molecular weight is 349 g/mol. The highest BCUT2D eigenvalue weighted by Gasteiger charge is 2.18. The Morgan fingerprint density at radius 3 is 2.71 bits per heavy atom. The predicted molar refractivity (Wildman–Crippen MR) is 86.2 cm³/mol. The molecule has 0 amide bonds. The van der Waals surface area contributed by atoms with Crippen molar-refractivity contribution in [3.05, 3.63) is 50.7 Å². The van der Waals surface area contributed by atoms with E-state index in [9.17, 15) is 0 Å². The molecule has 0 aliphatic carbocycles. The second-order valence-corrected chi connectivity index (χ2v) is 5.89. The molecular weight excluding hydrogens is 333 g/mol. The van der Waals surface area contributed by atoms with Crippen molar-refractivity contribution in [1.82, 2.24) is 9.78 Å². The Morgan fingerprint density at radius 1 is 1.29 bits per heavy atom. The Balaban J connectivity index is 2.19. The van der Waals surface area contributed by atoms with E-state index in [0.717, 1.165) is 11.3 Å². The first-order chi connectivity index (χ1) is 10.0. The number of halogens is 3. The number of ether oxygens (including phenoxy) is 1. The Bertz CT molecular complexity index is 616. The van der Waals surface area contributed by atoms with Crippen molar-refractivity contribution < 1.29 is 4.74 Å². The minimum absolute atomic E-state index is 0.310. The average Bonchev–Trinajstić information content (AvgIpc) is 2.80. The van der Waals surface area contributed by atoms with Crippen LogP contribution in [0.1, 0.15) is 17.3 Å². The highest BCUT2D eigenvalue weighted by Crippen LogP contribution is 2.28. The molecule has 1 heterocycles. The van der Waals surface area contributed by atoms with E-state index in [4.69, 9.17) is 45.3 Å². The quantitative estimate of drug-likeness (QED) is 0.865. The third-order valence-electron chi connectivity index (χ3n) is 3.15. The van der Waals surface area contributed by atoms with Gasteiger partial charge < -0.3 is 10.5 Å². The first kappa shape index (κ1) is 16.6. The molecule has 4 nitrogen and oxygen atoms in total. The molecule has 21 heavy (non-hydrogen) atoms. The standard InChI is InChI=1S/C14H16Cl3N3O/c1-21-5-4-20-14(12(17)8-19-20)13(18)6-9-2-3-10(15)7-11(9)16/h2-3,7-8,13H,4-6,18H2,1H3. The van der Waals surface area contributed by atoms with Gasteiger partial charge in [0.25, 0.3) is 0 Å². The van der Waals surface area contributed by atoms with E-state index in [0.29, 0.717) is 34.6 Å². The second kappa shape index (κ2) is 7.47. The zero-order chi connectivity index (χ0) is 15.4. The smallest absolute Gasteiger partial charge is 0.0834 e. The van der Waals surface area contributed by atoms with Crippen LogP contribution in [0.3, 0.4) is 0 Å². The van der Waals surface area contributed by atoms with Crippen LogP contribution in [0.2, 0.25) is 15.1 Å². The molecule has 2 N–H and O–H groups in total. The fourth-order valence-electron chi connectivity index (χ4n) is 2.12. The van der Waals surface area contributed by atoms with Crippen LogP contribution in [0.5, 0.6) is 0 Å². The van der Waals surface area contributed by atoms with E-state index in [2.05, 4.69) is 5.10 Å². The lowest BCUT2D eigenvalue weighted by atomic mass is 10.0. The lowest BCUT2D eigenvalue weighted by Crippen LogP contribution is -2.20. The summed E-state index contributed by atoms with van der Waals surface area (Å²) < 4.78 is 6.82. The number of rotatable bonds is 6. The summed E-state index contributed by atoms with van der Waals surface area (Å²) in [6.45, 7) is 1.14. The van der Waals surface area contributed by atoms with Crippen LogP contribution in [0.25, 0.3) is 0 Å². The van der Waals surface area contributed by atoms with Crippen molar-refractivity contribution in [2.45, 2.75) is 19.0 Å². The summed E-state index contributed by atoms with van der Waals surface area (Å²) in [6.07, 6.45) is 2.14. The van der Waals surface area contributed by atoms with Gasteiger partial charge in [0, 0.05) is 17.2 Å². The van der Waals surface area contributed by atoms with Crippen molar-refractivity contribution in [2.75, 3.05) is 13.7 Å². The van der Waals surface area contributed by atoms with E-state index in [-0.39, 0.29) is 6.04 Å². The summed E-state index contributed by atoms with van der Waals surface area (Å²) in [5, 5.41) is 5.96. The van der Waals surface area contributed by atoms with Gasteiger partial charge in [0.05, 0.1) is 36.1 Å². The first-order valence-corrected chi connectivity index (χ1v) is 7.56. The van der Waals surface area contributed by atoms with Gasteiger partial charge >= 0.3 is 0 Å². The van der Waals surface area contributed by atoms with Crippen molar-refractivity contribution in [3.63, 3.8) is 0 Å². The SMILES string of the molecule is COCCn1ncc(Cl)c1C(N)Cc1ccc(Cl)cc1Cl. The predicted octanol–water partition coefficient (Wildman–Crippen LogP) is 3.73. The van der Waals surface area contributed by atoms with Gasteiger partial charge in [-0.1, -0.05) is 40.9 Å². The van der Waals surface area contributed by atoms with Crippen molar-refractivity contribution in [2.24, 2.45) is 5.73 Å². The van der Waals surface area contributed by atoms with E-state index in [1.165, 1.54) is 0 Å². The molecule has 0 saturated carbocycles. The molecule has 2 aromatic rings. The Morgan fingerprint density at radius 2 is 2.05 bits per heavy atom. The molecule has 0 radical (unpaired) electrons. The van der Waals surface area contributed by atoms with Gasteiger partial charge in [-0.15, -0.1) is 0 Å². The molecule has 0 saturated heterocycles.